The minimum atomic E-state index is -0.923. The first-order valence-corrected chi connectivity index (χ1v) is 11.7. The van der Waals surface area contributed by atoms with E-state index in [0.717, 1.165) is 46.4 Å². The second-order valence-corrected chi connectivity index (χ2v) is 8.67. The van der Waals surface area contributed by atoms with Crippen molar-refractivity contribution in [3.05, 3.63) is 118 Å². The van der Waals surface area contributed by atoms with Crippen LogP contribution < -0.4 is 0 Å². The summed E-state index contributed by atoms with van der Waals surface area (Å²) in [5.74, 6) is 0.664. The monoisotopic (exact) mass is 480 g/mol. The van der Waals surface area contributed by atoms with Crippen LogP contribution in [0.2, 0.25) is 0 Å². The molecule has 1 aliphatic heterocycles. The lowest BCUT2D eigenvalue weighted by Crippen LogP contribution is -2.29. The van der Waals surface area contributed by atoms with Gasteiger partial charge in [-0.1, -0.05) is 54.6 Å². The average Bonchev–Trinajstić information content (AvgIpc) is 3.58. The lowest BCUT2D eigenvalue weighted by molar-refractivity contribution is -0.384. The van der Waals surface area contributed by atoms with Gasteiger partial charge in [0.15, 0.2) is 0 Å². The molecule has 0 bridgehead atoms. The van der Waals surface area contributed by atoms with Crippen LogP contribution in [0.25, 0.3) is 22.9 Å². The van der Waals surface area contributed by atoms with Crippen LogP contribution in [0.1, 0.15) is 41.4 Å². The van der Waals surface area contributed by atoms with Gasteiger partial charge in [0.2, 0.25) is 0 Å². The molecule has 1 aromatic heterocycles. The number of imidazole rings is 1. The van der Waals surface area contributed by atoms with Crippen LogP contribution in [0, 0.1) is 10.1 Å². The van der Waals surface area contributed by atoms with Gasteiger partial charge in [-0.2, -0.15) is 0 Å². The van der Waals surface area contributed by atoms with Crippen molar-refractivity contribution in [2.24, 2.45) is 0 Å². The molecule has 8 heteroatoms. The van der Waals surface area contributed by atoms with Crippen molar-refractivity contribution in [2.75, 3.05) is 6.54 Å². The van der Waals surface area contributed by atoms with E-state index in [4.69, 9.17) is 0 Å². The highest BCUT2D eigenvalue weighted by molar-refractivity contribution is 5.91. The number of aromatic amines is 1. The molecule has 1 aliphatic rings. The molecule has 1 atom stereocenters. The van der Waals surface area contributed by atoms with Gasteiger partial charge in [-0.25, -0.2) is 9.78 Å². The molecule has 0 radical (unpaired) electrons. The molecule has 180 valence electrons. The van der Waals surface area contributed by atoms with Gasteiger partial charge in [0.05, 0.1) is 22.9 Å². The molecule has 0 spiro atoms. The van der Waals surface area contributed by atoms with Gasteiger partial charge >= 0.3 is 6.09 Å². The van der Waals surface area contributed by atoms with Crippen molar-refractivity contribution in [2.45, 2.75) is 18.9 Å². The quantitative estimate of drug-likeness (QED) is 0.189. The van der Waals surface area contributed by atoms with Gasteiger partial charge < -0.3 is 10.1 Å². The number of non-ortho nitro benzene ring substituents is 1. The van der Waals surface area contributed by atoms with Gasteiger partial charge in [-0.15, -0.1) is 0 Å². The van der Waals surface area contributed by atoms with Crippen molar-refractivity contribution in [3.63, 3.8) is 0 Å². The number of carboxylic acid groups (broad SMARTS) is 1. The van der Waals surface area contributed by atoms with E-state index in [1.165, 1.54) is 17.0 Å². The average molecular weight is 481 g/mol. The zero-order valence-corrected chi connectivity index (χ0v) is 19.4. The molecule has 36 heavy (non-hydrogen) atoms. The Hall–Kier alpha value is -4.72. The van der Waals surface area contributed by atoms with Crippen molar-refractivity contribution in [1.29, 1.82) is 0 Å². The van der Waals surface area contributed by atoms with Crippen molar-refractivity contribution in [3.8, 4) is 11.3 Å². The Balaban J connectivity index is 1.44. The van der Waals surface area contributed by atoms with Crippen LogP contribution >= 0.6 is 0 Å². The van der Waals surface area contributed by atoms with Crippen LogP contribution in [0.4, 0.5) is 10.5 Å². The first-order valence-electron chi connectivity index (χ1n) is 11.7. The Kier molecular flexibility index (Phi) is 6.32. The fraction of sp³-hybridized carbons (Fsp3) is 0.143. The molecular weight excluding hydrogens is 456 g/mol. The number of nitro groups is 1. The maximum Gasteiger partial charge on any atom is 0.407 e. The van der Waals surface area contributed by atoms with Crippen LogP contribution in [0.5, 0.6) is 0 Å². The Labute approximate surface area is 207 Å². The second-order valence-electron chi connectivity index (χ2n) is 8.67. The van der Waals surface area contributed by atoms with Crippen LogP contribution in [-0.4, -0.2) is 37.5 Å². The number of nitrogens with zero attached hydrogens (tertiary/aromatic N) is 3. The maximum atomic E-state index is 11.5. The smallest absolute Gasteiger partial charge is 0.407 e. The molecule has 5 rings (SSSR count). The van der Waals surface area contributed by atoms with E-state index in [0.29, 0.717) is 12.4 Å². The van der Waals surface area contributed by atoms with Crippen LogP contribution in [-0.2, 0) is 0 Å². The standard InChI is InChI=1S/C28H24N4O4/c33-28(34)31-16-4-7-26(31)27-29-18-25(30-27)22-12-10-21(11-13-22)24(20-5-2-1-3-6-20)17-19-8-14-23(15-9-19)32(35)36/h1-3,5-6,8-15,17-18,26H,4,7,16H2,(H,29,30)(H,33,34)/t26-/m0/s1. The third kappa shape index (κ3) is 4.74. The minimum Gasteiger partial charge on any atom is -0.465 e. The SMILES string of the molecule is O=C(O)N1CCC[C@H]1c1ncc(-c2ccc(C(=Cc3ccc([N+](=O)[O-])cc3)c3ccccc3)cc2)[nH]1. The van der Waals surface area contributed by atoms with E-state index in [9.17, 15) is 20.0 Å². The first kappa shape index (κ1) is 23.0. The topological polar surface area (TPSA) is 112 Å². The number of nitrogens with one attached hydrogen (secondary N) is 1. The summed E-state index contributed by atoms with van der Waals surface area (Å²) in [5, 5.41) is 20.4. The summed E-state index contributed by atoms with van der Waals surface area (Å²) in [5.41, 5.74) is 5.71. The predicted molar refractivity (Wildman–Crippen MR) is 137 cm³/mol. The van der Waals surface area contributed by atoms with Crippen molar-refractivity contribution in [1.82, 2.24) is 14.9 Å². The number of carbonyl (C=O) groups is 1. The van der Waals surface area contributed by atoms with E-state index in [2.05, 4.69) is 9.97 Å². The number of H-pyrrole nitrogens is 1. The number of nitro benzene ring substituents is 1. The fourth-order valence-electron chi connectivity index (χ4n) is 4.57. The molecule has 0 aliphatic carbocycles. The number of benzene rings is 3. The number of hydrogen-bond acceptors (Lipinski definition) is 4. The Bertz CT molecular complexity index is 1410. The Morgan fingerprint density at radius 3 is 2.39 bits per heavy atom. The molecule has 8 nitrogen and oxygen atoms in total. The Morgan fingerprint density at radius 2 is 1.72 bits per heavy atom. The maximum absolute atomic E-state index is 11.5. The molecule has 1 amide bonds. The molecule has 3 aromatic carbocycles. The lowest BCUT2D eigenvalue weighted by Gasteiger charge is -2.19. The summed E-state index contributed by atoms with van der Waals surface area (Å²) in [6.07, 6.45) is 4.42. The molecule has 2 heterocycles. The minimum absolute atomic E-state index is 0.0563. The summed E-state index contributed by atoms with van der Waals surface area (Å²) in [6, 6.07) is 24.3. The van der Waals surface area contributed by atoms with Crippen molar-refractivity contribution < 1.29 is 14.8 Å². The molecule has 0 unspecified atom stereocenters. The van der Waals surface area contributed by atoms with E-state index in [1.807, 2.05) is 60.7 Å². The summed E-state index contributed by atoms with van der Waals surface area (Å²) >= 11 is 0. The van der Waals surface area contributed by atoms with Gasteiger partial charge in [0.1, 0.15) is 5.82 Å². The zero-order chi connectivity index (χ0) is 25.1. The highest BCUT2D eigenvalue weighted by Crippen LogP contribution is 2.32. The third-order valence-corrected chi connectivity index (χ3v) is 6.42. The summed E-state index contributed by atoms with van der Waals surface area (Å²) in [6.45, 7) is 0.522. The summed E-state index contributed by atoms with van der Waals surface area (Å²) in [4.78, 5) is 31.3. The summed E-state index contributed by atoms with van der Waals surface area (Å²) < 4.78 is 0. The number of likely N-dealkylation sites (tertiary alicyclic amines) is 1. The first-order chi connectivity index (χ1) is 17.5. The molecule has 0 saturated carbocycles. The number of rotatable bonds is 6. The second kappa shape index (κ2) is 9.87. The highest BCUT2D eigenvalue weighted by Gasteiger charge is 2.31. The van der Waals surface area contributed by atoms with Gasteiger partial charge in [0.25, 0.3) is 5.69 Å². The van der Waals surface area contributed by atoms with Gasteiger partial charge in [0, 0.05) is 18.7 Å². The van der Waals surface area contributed by atoms with E-state index < -0.39 is 11.0 Å². The van der Waals surface area contributed by atoms with E-state index in [-0.39, 0.29) is 11.7 Å². The zero-order valence-electron chi connectivity index (χ0n) is 19.4. The molecular formula is C28H24N4O4. The highest BCUT2D eigenvalue weighted by atomic mass is 16.6. The van der Waals surface area contributed by atoms with Gasteiger partial charge in [-0.3, -0.25) is 15.0 Å². The number of amides is 1. The number of hydrogen-bond donors (Lipinski definition) is 2. The summed E-state index contributed by atoms with van der Waals surface area (Å²) in [7, 11) is 0. The van der Waals surface area contributed by atoms with Crippen LogP contribution in [0.3, 0.4) is 0 Å². The van der Waals surface area contributed by atoms with Crippen LogP contribution in [0.15, 0.2) is 85.1 Å². The van der Waals surface area contributed by atoms with E-state index in [1.54, 1.807) is 18.3 Å². The van der Waals surface area contributed by atoms with Crippen molar-refractivity contribution >= 4 is 23.4 Å². The molecule has 1 fully saturated rings. The number of aromatic nitrogens is 2. The predicted octanol–water partition coefficient (Wildman–Crippen LogP) is 6.39. The fourth-order valence-corrected chi connectivity index (χ4v) is 4.57. The molecule has 1 saturated heterocycles. The lowest BCUT2D eigenvalue weighted by atomic mass is 9.94. The molecule has 2 N–H and O–H groups in total. The van der Waals surface area contributed by atoms with Gasteiger partial charge in [-0.05, 0) is 58.9 Å². The Morgan fingerprint density at radius 1 is 1.03 bits per heavy atom. The molecule has 4 aromatic rings. The largest absolute Gasteiger partial charge is 0.465 e. The normalized spacial score (nSPS) is 15.7. The third-order valence-electron chi connectivity index (χ3n) is 6.42. The van der Waals surface area contributed by atoms with E-state index >= 15 is 0 Å².